The van der Waals surface area contributed by atoms with Gasteiger partial charge in [0.05, 0.1) is 10.9 Å². The first-order valence-electron chi connectivity index (χ1n) is 10.8. The number of para-hydroxylation sites is 1. The molecule has 1 N–H and O–H groups in total. The van der Waals surface area contributed by atoms with Crippen LogP contribution in [0, 0.1) is 13.8 Å². The molecule has 0 atom stereocenters. The molecule has 1 fully saturated rings. The van der Waals surface area contributed by atoms with Crippen molar-refractivity contribution in [2.45, 2.75) is 33.2 Å². The lowest BCUT2D eigenvalue weighted by atomic mass is 10.1. The number of aromatic amines is 1. The number of aromatic nitrogens is 2. The van der Waals surface area contributed by atoms with Crippen LogP contribution >= 0.6 is 0 Å². The number of carbonyl (C=O) groups is 1. The first kappa shape index (κ1) is 20.9. The molecule has 1 amide bonds. The number of hydrogen-bond donors (Lipinski definition) is 1. The molecule has 0 radical (unpaired) electrons. The summed E-state index contributed by atoms with van der Waals surface area (Å²) in [5.41, 5.74) is 3.51. The molecule has 4 rings (SSSR count). The van der Waals surface area contributed by atoms with Gasteiger partial charge in [-0.25, -0.2) is 4.79 Å². The van der Waals surface area contributed by atoms with Crippen molar-refractivity contribution in [3.63, 3.8) is 0 Å². The average Bonchev–Trinajstić information content (AvgIpc) is 2.77. The lowest BCUT2D eigenvalue weighted by Crippen LogP contribution is -2.49. The largest absolute Gasteiger partial charge is 0.368 e. The van der Waals surface area contributed by atoms with Gasteiger partial charge in [0.2, 0.25) is 5.91 Å². The maximum absolute atomic E-state index is 12.7. The van der Waals surface area contributed by atoms with Gasteiger partial charge in [-0.2, -0.15) is 0 Å². The van der Waals surface area contributed by atoms with E-state index in [1.165, 1.54) is 21.4 Å². The van der Waals surface area contributed by atoms with Crippen molar-refractivity contribution in [3.8, 4) is 0 Å². The number of aryl methyl sites for hydroxylation is 2. The number of hydrogen-bond acceptors (Lipinski definition) is 4. The first-order chi connectivity index (χ1) is 14.9. The second-order valence-corrected chi connectivity index (χ2v) is 8.19. The Morgan fingerprint density at radius 3 is 2.52 bits per heavy atom. The second-order valence-electron chi connectivity index (χ2n) is 8.19. The minimum atomic E-state index is -0.432. The molecule has 7 heteroatoms. The van der Waals surface area contributed by atoms with Crippen LogP contribution in [-0.2, 0) is 11.3 Å². The Kier molecular flexibility index (Phi) is 5.93. The molecule has 1 aromatic heterocycles. The van der Waals surface area contributed by atoms with E-state index in [1.807, 2.05) is 4.90 Å². The summed E-state index contributed by atoms with van der Waals surface area (Å²) in [6, 6.07) is 13.4. The standard InChI is InChI=1S/C24H28N4O3/c1-17-9-10-18(2)21(16-17)26-12-14-27(15-13-26)22(29)8-5-11-28-23(30)19-6-3-4-7-20(19)25-24(28)31/h3-4,6-7,9-10,16H,5,8,11-15H2,1-2H3,(H,25,31). The van der Waals surface area contributed by atoms with Crippen LogP contribution in [0.25, 0.3) is 10.9 Å². The predicted molar refractivity (Wildman–Crippen MR) is 123 cm³/mol. The summed E-state index contributed by atoms with van der Waals surface area (Å²) in [5, 5.41) is 0.482. The van der Waals surface area contributed by atoms with Crippen LogP contribution in [-0.4, -0.2) is 46.5 Å². The zero-order valence-electron chi connectivity index (χ0n) is 18.1. The molecule has 2 heterocycles. The highest BCUT2D eigenvalue weighted by Gasteiger charge is 2.22. The highest BCUT2D eigenvalue weighted by molar-refractivity contribution is 5.77. The van der Waals surface area contributed by atoms with Crippen molar-refractivity contribution in [1.82, 2.24) is 14.5 Å². The van der Waals surface area contributed by atoms with Gasteiger partial charge in [0.15, 0.2) is 0 Å². The number of anilines is 1. The van der Waals surface area contributed by atoms with Gasteiger partial charge in [-0.1, -0.05) is 24.3 Å². The maximum atomic E-state index is 12.7. The molecule has 7 nitrogen and oxygen atoms in total. The van der Waals surface area contributed by atoms with Crippen LogP contribution in [0.2, 0.25) is 0 Å². The van der Waals surface area contributed by atoms with Crippen molar-refractivity contribution >= 4 is 22.5 Å². The van der Waals surface area contributed by atoms with Crippen LogP contribution in [0.4, 0.5) is 5.69 Å². The van der Waals surface area contributed by atoms with E-state index in [2.05, 4.69) is 41.9 Å². The third-order valence-electron chi connectivity index (χ3n) is 6.00. The van der Waals surface area contributed by atoms with E-state index in [0.717, 1.165) is 13.1 Å². The summed E-state index contributed by atoms with van der Waals surface area (Å²) in [6.07, 6.45) is 0.777. The molecule has 0 saturated carbocycles. The zero-order valence-corrected chi connectivity index (χ0v) is 18.1. The number of H-pyrrole nitrogens is 1. The molecular weight excluding hydrogens is 392 g/mol. The molecule has 2 aromatic carbocycles. The fraction of sp³-hybridized carbons (Fsp3) is 0.375. The van der Waals surface area contributed by atoms with Crippen molar-refractivity contribution in [2.75, 3.05) is 31.1 Å². The number of nitrogens with one attached hydrogen (secondary N) is 1. The molecule has 0 unspecified atom stereocenters. The molecule has 162 valence electrons. The maximum Gasteiger partial charge on any atom is 0.328 e. The summed E-state index contributed by atoms with van der Waals surface area (Å²) >= 11 is 0. The topological polar surface area (TPSA) is 78.4 Å². The van der Waals surface area contributed by atoms with Crippen molar-refractivity contribution < 1.29 is 4.79 Å². The van der Waals surface area contributed by atoms with E-state index in [0.29, 0.717) is 36.8 Å². The summed E-state index contributed by atoms with van der Waals surface area (Å²) in [5.74, 6) is 0.0749. The van der Waals surface area contributed by atoms with E-state index in [9.17, 15) is 14.4 Å². The SMILES string of the molecule is Cc1ccc(C)c(N2CCN(C(=O)CCCn3c(=O)[nH]c4ccccc4c3=O)CC2)c1. The molecule has 1 aliphatic heterocycles. The van der Waals surface area contributed by atoms with Crippen molar-refractivity contribution in [1.29, 1.82) is 0 Å². The van der Waals surface area contributed by atoms with Gasteiger partial charge in [-0.05, 0) is 49.6 Å². The Balaban J connectivity index is 1.33. The van der Waals surface area contributed by atoms with Crippen LogP contribution in [0.1, 0.15) is 24.0 Å². The van der Waals surface area contributed by atoms with Gasteiger partial charge in [0.25, 0.3) is 5.56 Å². The number of amides is 1. The van der Waals surface area contributed by atoms with Crippen LogP contribution in [0.5, 0.6) is 0 Å². The third kappa shape index (κ3) is 4.40. The van der Waals surface area contributed by atoms with Crippen molar-refractivity contribution in [3.05, 3.63) is 74.4 Å². The number of piperazine rings is 1. The summed E-state index contributed by atoms with van der Waals surface area (Å²) in [4.78, 5) is 44.5. The third-order valence-corrected chi connectivity index (χ3v) is 6.00. The molecular formula is C24H28N4O3. The van der Waals surface area contributed by atoms with E-state index in [4.69, 9.17) is 0 Å². The normalized spacial score (nSPS) is 14.3. The van der Waals surface area contributed by atoms with Gasteiger partial charge in [0, 0.05) is 44.8 Å². The fourth-order valence-corrected chi connectivity index (χ4v) is 4.21. The zero-order chi connectivity index (χ0) is 22.0. The minimum absolute atomic E-state index is 0.0749. The molecule has 1 saturated heterocycles. The molecule has 3 aromatic rings. The lowest BCUT2D eigenvalue weighted by molar-refractivity contribution is -0.131. The van der Waals surface area contributed by atoms with Crippen molar-refractivity contribution in [2.24, 2.45) is 0 Å². The Morgan fingerprint density at radius 2 is 1.74 bits per heavy atom. The highest BCUT2D eigenvalue weighted by Crippen LogP contribution is 2.23. The average molecular weight is 421 g/mol. The first-order valence-corrected chi connectivity index (χ1v) is 10.8. The second kappa shape index (κ2) is 8.79. The van der Waals surface area contributed by atoms with E-state index in [1.54, 1.807) is 24.3 Å². The predicted octanol–water partition coefficient (Wildman–Crippen LogP) is 2.44. The minimum Gasteiger partial charge on any atom is -0.368 e. The van der Waals surface area contributed by atoms with Gasteiger partial charge in [-0.3, -0.25) is 14.2 Å². The van der Waals surface area contributed by atoms with E-state index >= 15 is 0 Å². The number of fused-ring (bicyclic) bond motifs is 1. The van der Waals surface area contributed by atoms with E-state index in [-0.39, 0.29) is 18.0 Å². The molecule has 0 spiro atoms. The quantitative estimate of drug-likeness (QED) is 0.688. The summed E-state index contributed by atoms with van der Waals surface area (Å²) < 4.78 is 1.19. The van der Waals surface area contributed by atoms with Crippen LogP contribution in [0.15, 0.2) is 52.1 Å². The van der Waals surface area contributed by atoms with Crippen LogP contribution in [0.3, 0.4) is 0 Å². The number of rotatable bonds is 5. The smallest absolute Gasteiger partial charge is 0.328 e. The monoisotopic (exact) mass is 420 g/mol. The molecule has 0 aliphatic carbocycles. The van der Waals surface area contributed by atoms with Gasteiger partial charge < -0.3 is 14.8 Å². The number of nitrogens with zero attached hydrogens (tertiary/aromatic N) is 3. The fourth-order valence-electron chi connectivity index (χ4n) is 4.21. The number of benzene rings is 2. The molecule has 31 heavy (non-hydrogen) atoms. The Hall–Kier alpha value is -3.35. The van der Waals surface area contributed by atoms with Gasteiger partial charge >= 0.3 is 5.69 Å². The summed E-state index contributed by atoms with van der Waals surface area (Å²) in [7, 11) is 0. The van der Waals surface area contributed by atoms with Gasteiger partial charge in [0.1, 0.15) is 0 Å². The Morgan fingerprint density at radius 1 is 1.00 bits per heavy atom. The molecule has 1 aliphatic rings. The lowest BCUT2D eigenvalue weighted by Gasteiger charge is -2.37. The molecule has 0 bridgehead atoms. The summed E-state index contributed by atoms with van der Waals surface area (Å²) in [6.45, 7) is 7.41. The Bertz CT molecular complexity index is 1220. The van der Waals surface area contributed by atoms with Gasteiger partial charge in [-0.15, -0.1) is 0 Å². The Labute approximate surface area is 180 Å². The number of carbonyl (C=O) groups excluding carboxylic acids is 1. The van der Waals surface area contributed by atoms with Crippen LogP contribution < -0.4 is 16.1 Å². The van der Waals surface area contributed by atoms with E-state index < -0.39 is 5.69 Å². The highest BCUT2D eigenvalue weighted by atomic mass is 16.2.